The van der Waals surface area contributed by atoms with Gasteiger partial charge in [0.15, 0.2) is 12.2 Å². The molecule has 0 amide bonds. The number of benzene rings is 1. The summed E-state index contributed by atoms with van der Waals surface area (Å²) in [6.45, 7) is 6.11. The Bertz CT molecular complexity index is 849. The van der Waals surface area contributed by atoms with Crippen LogP contribution in [0.5, 0.6) is 0 Å². The lowest BCUT2D eigenvalue weighted by Gasteiger charge is -2.44. The minimum Gasteiger partial charge on any atom is -0.455 e. The van der Waals surface area contributed by atoms with Crippen LogP contribution in [0.1, 0.15) is 50.5 Å². The van der Waals surface area contributed by atoms with Crippen LogP contribution in [0.3, 0.4) is 0 Å². The Labute approximate surface area is 179 Å². The van der Waals surface area contributed by atoms with Crippen LogP contribution in [0.2, 0.25) is 0 Å². The SMILES string of the molecule is CC(=O)OC1O[C@@H](c2ccc(C)c(CO)c2)[C@H](OC(C)=O)[C@@H](OC(C)=O)[C@@H]1OC(C)=O. The average Bonchev–Trinajstić information content (AvgIpc) is 2.65. The fourth-order valence-corrected chi connectivity index (χ4v) is 3.34. The first-order chi connectivity index (χ1) is 14.5. The predicted molar refractivity (Wildman–Crippen MR) is 103 cm³/mol. The van der Waals surface area contributed by atoms with Gasteiger partial charge in [-0.05, 0) is 23.6 Å². The summed E-state index contributed by atoms with van der Waals surface area (Å²) in [7, 11) is 0. The minimum absolute atomic E-state index is 0.249. The van der Waals surface area contributed by atoms with Crippen LogP contribution < -0.4 is 0 Å². The van der Waals surface area contributed by atoms with Crippen molar-refractivity contribution in [2.45, 2.75) is 71.9 Å². The first-order valence-electron chi connectivity index (χ1n) is 9.58. The zero-order valence-corrected chi connectivity index (χ0v) is 17.9. The first-order valence-corrected chi connectivity index (χ1v) is 9.58. The third-order valence-electron chi connectivity index (χ3n) is 4.56. The highest BCUT2D eigenvalue weighted by atomic mass is 16.7. The monoisotopic (exact) mass is 438 g/mol. The highest BCUT2D eigenvalue weighted by Gasteiger charge is 2.53. The standard InChI is InChI=1S/C21H26O10/c1-10-6-7-15(8-16(10)9-22)17-18(27-11(2)23)19(28-12(3)24)20(29-13(4)25)21(31-17)30-14(5)26/h6-8,17-22H,9H2,1-5H3/t17-,18-,19+,20-,21?/m0/s1. The summed E-state index contributed by atoms with van der Waals surface area (Å²) in [5.74, 6) is -2.91. The Morgan fingerprint density at radius 3 is 1.87 bits per heavy atom. The number of esters is 4. The van der Waals surface area contributed by atoms with Crippen molar-refractivity contribution < 1.29 is 48.0 Å². The largest absolute Gasteiger partial charge is 0.455 e. The Hall–Kier alpha value is -2.98. The van der Waals surface area contributed by atoms with Crippen LogP contribution in [-0.2, 0) is 49.5 Å². The van der Waals surface area contributed by atoms with E-state index in [2.05, 4.69) is 0 Å². The summed E-state index contributed by atoms with van der Waals surface area (Å²) >= 11 is 0. The number of ether oxygens (including phenoxy) is 5. The number of aliphatic hydroxyl groups is 1. The maximum absolute atomic E-state index is 11.8. The van der Waals surface area contributed by atoms with Gasteiger partial charge in [0.1, 0.15) is 6.10 Å². The smallest absolute Gasteiger partial charge is 0.305 e. The lowest BCUT2D eigenvalue weighted by molar-refractivity contribution is -0.298. The van der Waals surface area contributed by atoms with Gasteiger partial charge in [-0.25, -0.2) is 0 Å². The van der Waals surface area contributed by atoms with E-state index in [0.717, 1.165) is 33.3 Å². The van der Waals surface area contributed by atoms with Gasteiger partial charge in [0.2, 0.25) is 12.4 Å². The maximum Gasteiger partial charge on any atom is 0.305 e. The molecule has 170 valence electrons. The lowest BCUT2D eigenvalue weighted by Crippen LogP contribution is -2.59. The maximum atomic E-state index is 11.8. The number of hydrogen-bond donors (Lipinski definition) is 1. The topological polar surface area (TPSA) is 135 Å². The molecule has 10 nitrogen and oxygen atoms in total. The van der Waals surface area contributed by atoms with E-state index in [1.54, 1.807) is 25.1 Å². The van der Waals surface area contributed by atoms with E-state index >= 15 is 0 Å². The second kappa shape index (κ2) is 10.4. The molecule has 31 heavy (non-hydrogen) atoms. The van der Waals surface area contributed by atoms with E-state index in [4.69, 9.17) is 23.7 Å². The molecule has 2 rings (SSSR count). The van der Waals surface area contributed by atoms with Crippen LogP contribution >= 0.6 is 0 Å². The van der Waals surface area contributed by atoms with E-state index in [-0.39, 0.29) is 6.61 Å². The first kappa shape index (κ1) is 24.3. The van der Waals surface area contributed by atoms with Gasteiger partial charge in [-0.1, -0.05) is 18.2 Å². The van der Waals surface area contributed by atoms with Gasteiger partial charge in [-0.15, -0.1) is 0 Å². The molecule has 0 aliphatic carbocycles. The number of rotatable bonds is 6. The van der Waals surface area contributed by atoms with Crippen molar-refractivity contribution in [1.82, 2.24) is 0 Å². The van der Waals surface area contributed by atoms with Crippen molar-refractivity contribution in [3.8, 4) is 0 Å². The fraction of sp³-hybridized carbons (Fsp3) is 0.524. The van der Waals surface area contributed by atoms with Gasteiger partial charge in [0.25, 0.3) is 0 Å². The summed E-state index contributed by atoms with van der Waals surface area (Å²) in [4.78, 5) is 47.0. The van der Waals surface area contributed by atoms with Crippen LogP contribution in [0.4, 0.5) is 0 Å². The van der Waals surface area contributed by atoms with E-state index in [1.165, 1.54) is 0 Å². The zero-order chi connectivity index (χ0) is 23.3. The van der Waals surface area contributed by atoms with Gasteiger partial charge in [-0.2, -0.15) is 0 Å². The Morgan fingerprint density at radius 2 is 1.35 bits per heavy atom. The molecular weight excluding hydrogens is 412 g/mol. The van der Waals surface area contributed by atoms with Crippen molar-refractivity contribution >= 4 is 23.9 Å². The second-order valence-electron chi connectivity index (χ2n) is 7.10. The molecule has 1 aromatic carbocycles. The van der Waals surface area contributed by atoms with Crippen LogP contribution in [-0.4, -0.2) is 53.6 Å². The molecule has 0 bridgehead atoms. The van der Waals surface area contributed by atoms with Gasteiger partial charge >= 0.3 is 23.9 Å². The molecule has 1 aliphatic rings. The van der Waals surface area contributed by atoms with E-state index in [9.17, 15) is 24.3 Å². The van der Waals surface area contributed by atoms with E-state index < -0.39 is 54.6 Å². The number of hydrogen-bond acceptors (Lipinski definition) is 10. The third-order valence-corrected chi connectivity index (χ3v) is 4.56. The number of aryl methyl sites for hydroxylation is 1. The van der Waals surface area contributed by atoms with Crippen LogP contribution in [0.25, 0.3) is 0 Å². The molecule has 1 aliphatic heterocycles. The second-order valence-corrected chi connectivity index (χ2v) is 7.10. The van der Waals surface area contributed by atoms with Gasteiger partial charge in [-0.3, -0.25) is 19.2 Å². The third kappa shape index (κ3) is 6.25. The molecule has 1 fully saturated rings. The molecule has 1 heterocycles. The molecule has 1 saturated heterocycles. The van der Waals surface area contributed by atoms with Crippen molar-refractivity contribution in [2.75, 3.05) is 0 Å². The van der Waals surface area contributed by atoms with E-state index in [1.807, 2.05) is 0 Å². The molecule has 0 radical (unpaired) electrons. The minimum atomic E-state index is -1.44. The average molecular weight is 438 g/mol. The quantitative estimate of drug-likeness (QED) is 0.510. The van der Waals surface area contributed by atoms with Gasteiger partial charge in [0.05, 0.1) is 6.61 Å². The summed E-state index contributed by atoms with van der Waals surface area (Å²) < 4.78 is 27.1. The Kier molecular flexibility index (Phi) is 8.12. The van der Waals surface area contributed by atoms with Crippen LogP contribution in [0, 0.1) is 6.92 Å². The van der Waals surface area contributed by atoms with Crippen molar-refractivity contribution in [3.05, 3.63) is 34.9 Å². The summed E-state index contributed by atoms with van der Waals surface area (Å²) in [6, 6.07) is 5.05. The Morgan fingerprint density at radius 1 is 0.839 bits per heavy atom. The Balaban J connectivity index is 2.60. The molecular formula is C21H26O10. The molecule has 1 N–H and O–H groups in total. The van der Waals surface area contributed by atoms with Crippen molar-refractivity contribution in [3.63, 3.8) is 0 Å². The summed E-state index contributed by atoms with van der Waals surface area (Å²) in [6.07, 6.45) is -6.44. The highest BCUT2D eigenvalue weighted by molar-refractivity contribution is 5.69. The highest BCUT2D eigenvalue weighted by Crippen LogP contribution is 2.38. The van der Waals surface area contributed by atoms with Gasteiger partial charge in [0, 0.05) is 27.7 Å². The molecule has 1 aromatic rings. The molecule has 1 unspecified atom stereocenters. The molecule has 0 saturated carbocycles. The zero-order valence-electron chi connectivity index (χ0n) is 17.9. The van der Waals surface area contributed by atoms with Gasteiger partial charge < -0.3 is 28.8 Å². The predicted octanol–water partition coefficient (Wildman–Crippen LogP) is 1.24. The number of aliphatic hydroxyl groups excluding tert-OH is 1. The fourth-order valence-electron chi connectivity index (χ4n) is 3.34. The van der Waals surface area contributed by atoms with E-state index in [0.29, 0.717) is 11.1 Å². The lowest BCUT2D eigenvalue weighted by atomic mass is 9.91. The van der Waals surface area contributed by atoms with Crippen LogP contribution in [0.15, 0.2) is 18.2 Å². The van der Waals surface area contributed by atoms with Crippen molar-refractivity contribution in [2.24, 2.45) is 0 Å². The summed E-state index contributed by atoms with van der Waals surface area (Å²) in [5, 5.41) is 9.61. The molecule has 0 spiro atoms. The number of carbonyl (C=O) groups excluding carboxylic acids is 4. The van der Waals surface area contributed by atoms with Crippen molar-refractivity contribution in [1.29, 1.82) is 0 Å². The number of carbonyl (C=O) groups is 4. The summed E-state index contributed by atoms with van der Waals surface area (Å²) in [5.41, 5.74) is 1.88. The normalized spacial score (nSPS) is 25.3. The molecule has 10 heteroatoms. The molecule has 5 atom stereocenters. The molecule has 0 aromatic heterocycles.